The van der Waals surface area contributed by atoms with Crippen LogP contribution in [0, 0.1) is 6.92 Å². The maximum atomic E-state index is 12.7. The molecule has 0 spiro atoms. The average Bonchev–Trinajstić information content (AvgIpc) is 3.09. The summed E-state index contributed by atoms with van der Waals surface area (Å²) in [6, 6.07) is 9.65. The maximum absolute atomic E-state index is 12.7. The normalized spacial score (nSPS) is 14.1. The summed E-state index contributed by atoms with van der Waals surface area (Å²) >= 11 is 0. The van der Waals surface area contributed by atoms with Crippen LogP contribution in [-0.4, -0.2) is 28.2 Å². The van der Waals surface area contributed by atoms with Gasteiger partial charge < -0.3 is 14.8 Å². The van der Waals surface area contributed by atoms with Gasteiger partial charge in [-0.2, -0.15) is 0 Å². The second kappa shape index (κ2) is 6.97. The Labute approximate surface area is 152 Å². The Morgan fingerprint density at radius 2 is 1.85 bits per heavy atom. The van der Waals surface area contributed by atoms with E-state index in [0.717, 1.165) is 5.56 Å². The smallest absolute Gasteiger partial charge is 0.252 e. The molecule has 0 bridgehead atoms. The number of aryl methyl sites for hydroxylation is 1. The molecular formula is C18H20N2O5S. The van der Waals surface area contributed by atoms with E-state index < -0.39 is 10.0 Å². The first-order valence-corrected chi connectivity index (χ1v) is 9.55. The zero-order valence-corrected chi connectivity index (χ0v) is 15.5. The van der Waals surface area contributed by atoms with E-state index in [1.165, 1.54) is 19.2 Å². The Kier molecular flexibility index (Phi) is 4.88. The Hall–Kier alpha value is -2.58. The number of carbonyl (C=O) groups is 1. The van der Waals surface area contributed by atoms with Crippen LogP contribution in [0.15, 0.2) is 41.3 Å². The van der Waals surface area contributed by atoms with Gasteiger partial charge in [0.15, 0.2) is 11.5 Å². The lowest BCUT2D eigenvalue weighted by Crippen LogP contribution is -2.28. The predicted molar refractivity (Wildman–Crippen MR) is 95.9 cm³/mol. The van der Waals surface area contributed by atoms with Gasteiger partial charge in [0.25, 0.3) is 5.91 Å². The fourth-order valence-corrected chi connectivity index (χ4v) is 3.43. The minimum atomic E-state index is -3.62. The molecule has 0 saturated heterocycles. The number of carbonyl (C=O) groups excluding carboxylic acids is 1. The van der Waals surface area contributed by atoms with E-state index in [9.17, 15) is 13.2 Å². The van der Waals surface area contributed by atoms with Crippen molar-refractivity contribution in [3.63, 3.8) is 0 Å². The van der Waals surface area contributed by atoms with Gasteiger partial charge in [-0.1, -0.05) is 12.1 Å². The average molecular weight is 376 g/mol. The molecule has 1 unspecified atom stereocenters. The van der Waals surface area contributed by atoms with Crippen LogP contribution in [0.4, 0.5) is 0 Å². The third-order valence-corrected chi connectivity index (χ3v) is 5.69. The van der Waals surface area contributed by atoms with Crippen LogP contribution in [0.1, 0.15) is 34.5 Å². The number of ether oxygens (including phenoxy) is 2. The summed E-state index contributed by atoms with van der Waals surface area (Å²) in [5, 5.41) is 2.89. The highest BCUT2D eigenvalue weighted by Crippen LogP contribution is 2.34. The summed E-state index contributed by atoms with van der Waals surface area (Å²) in [5.41, 5.74) is 1.86. The Bertz CT molecular complexity index is 956. The molecule has 1 amide bonds. The quantitative estimate of drug-likeness (QED) is 0.834. The van der Waals surface area contributed by atoms with Crippen LogP contribution in [0.25, 0.3) is 0 Å². The van der Waals surface area contributed by atoms with Crippen LogP contribution >= 0.6 is 0 Å². The van der Waals surface area contributed by atoms with Crippen LogP contribution in [0.2, 0.25) is 0 Å². The van der Waals surface area contributed by atoms with Gasteiger partial charge >= 0.3 is 0 Å². The van der Waals surface area contributed by atoms with E-state index in [4.69, 9.17) is 9.47 Å². The SMILES string of the molecule is CNS(=O)(=O)c1ccc(C)c(C(=O)NC(C)c2ccc3c(c2)OCO3)c1. The van der Waals surface area contributed by atoms with E-state index in [2.05, 4.69) is 10.0 Å². The third kappa shape index (κ3) is 3.51. The Morgan fingerprint density at radius 3 is 2.58 bits per heavy atom. The predicted octanol–water partition coefficient (Wildman–Crippen LogP) is 2.12. The highest BCUT2D eigenvalue weighted by atomic mass is 32.2. The number of nitrogens with one attached hydrogen (secondary N) is 2. The van der Waals surface area contributed by atoms with Crippen molar-refractivity contribution in [2.24, 2.45) is 0 Å². The van der Waals surface area contributed by atoms with Gasteiger partial charge in [-0.05, 0) is 56.3 Å². The number of hydrogen-bond acceptors (Lipinski definition) is 5. The van der Waals surface area contributed by atoms with Crippen molar-refractivity contribution in [2.75, 3.05) is 13.8 Å². The standard InChI is InChI=1S/C18H20N2O5S/c1-11-4-6-14(26(22,23)19-3)9-15(11)18(21)20-12(2)13-5-7-16-17(8-13)25-10-24-16/h4-9,12,19H,10H2,1-3H3,(H,20,21). The van der Waals surface area contributed by atoms with E-state index in [-0.39, 0.29) is 23.6 Å². The summed E-state index contributed by atoms with van der Waals surface area (Å²) in [7, 11) is -2.29. The van der Waals surface area contributed by atoms with Crippen molar-refractivity contribution in [3.8, 4) is 11.5 Å². The highest BCUT2D eigenvalue weighted by molar-refractivity contribution is 7.89. The monoisotopic (exact) mass is 376 g/mol. The zero-order chi connectivity index (χ0) is 18.9. The van der Waals surface area contributed by atoms with Gasteiger partial charge in [0.1, 0.15) is 0 Å². The molecule has 1 aliphatic heterocycles. The van der Waals surface area contributed by atoms with Crippen molar-refractivity contribution in [1.82, 2.24) is 10.0 Å². The van der Waals surface area contributed by atoms with Gasteiger partial charge in [0.05, 0.1) is 10.9 Å². The molecule has 0 radical (unpaired) electrons. The van der Waals surface area contributed by atoms with Crippen molar-refractivity contribution in [2.45, 2.75) is 24.8 Å². The van der Waals surface area contributed by atoms with Crippen molar-refractivity contribution in [3.05, 3.63) is 53.1 Å². The first-order chi connectivity index (χ1) is 12.3. The van der Waals surface area contributed by atoms with Gasteiger partial charge in [0, 0.05) is 5.56 Å². The molecule has 0 aliphatic carbocycles. The molecule has 3 rings (SSSR count). The number of sulfonamides is 1. The summed E-state index contributed by atoms with van der Waals surface area (Å²) < 4.78 is 36.8. The van der Waals surface area contributed by atoms with Crippen LogP contribution in [-0.2, 0) is 10.0 Å². The topological polar surface area (TPSA) is 93.7 Å². The maximum Gasteiger partial charge on any atom is 0.252 e. The fraction of sp³-hybridized carbons (Fsp3) is 0.278. The first-order valence-electron chi connectivity index (χ1n) is 8.06. The highest BCUT2D eigenvalue weighted by Gasteiger charge is 2.20. The molecular weight excluding hydrogens is 356 g/mol. The Morgan fingerprint density at radius 1 is 1.12 bits per heavy atom. The largest absolute Gasteiger partial charge is 0.454 e. The molecule has 1 atom stereocenters. The van der Waals surface area contributed by atoms with E-state index >= 15 is 0 Å². The summed E-state index contributed by atoms with van der Waals surface area (Å²) in [5.74, 6) is 0.968. The van der Waals surface area contributed by atoms with Gasteiger partial charge in [-0.3, -0.25) is 4.79 Å². The van der Waals surface area contributed by atoms with Crippen LogP contribution in [0.3, 0.4) is 0 Å². The second-order valence-corrected chi connectivity index (χ2v) is 7.88. The molecule has 8 heteroatoms. The minimum absolute atomic E-state index is 0.0477. The lowest BCUT2D eigenvalue weighted by molar-refractivity contribution is 0.0939. The number of rotatable bonds is 5. The van der Waals surface area contributed by atoms with Gasteiger partial charge in [-0.15, -0.1) is 0 Å². The molecule has 0 aromatic heterocycles. The fourth-order valence-electron chi connectivity index (χ4n) is 2.67. The summed E-state index contributed by atoms with van der Waals surface area (Å²) in [6.45, 7) is 3.79. The number of hydrogen-bond donors (Lipinski definition) is 2. The van der Waals surface area contributed by atoms with Crippen molar-refractivity contribution >= 4 is 15.9 Å². The summed E-state index contributed by atoms with van der Waals surface area (Å²) in [4.78, 5) is 12.7. The molecule has 26 heavy (non-hydrogen) atoms. The van der Waals surface area contributed by atoms with Gasteiger partial charge in [0.2, 0.25) is 16.8 Å². The first kappa shape index (κ1) is 18.2. The summed E-state index contributed by atoms with van der Waals surface area (Å²) in [6.07, 6.45) is 0. The molecule has 0 saturated carbocycles. The molecule has 2 N–H and O–H groups in total. The lowest BCUT2D eigenvalue weighted by Gasteiger charge is -2.16. The molecule has 2 aromatic rings. The lowest BCUT2D eigenvalue weighted by atomic mass is 10.1. The van der Waals surface area contributed by atoms with Crippen molar-refractivity contribution in [1.29, 1.82) is 0 Å². The number of fused-ring (bicyclic) bond motifs is 1. The molecule has 0 fully saturated rings. The number of benzene rings is 2. The minimum Gasteiger partial charge on any atom is -0.454 e. The second-order valence-electron chi connectivity index (χ2n) is 5.99. The zero-order valence-electron chi connectivity index (χ0n) is 14.7. The molecule has 2 aromatic carbocycles. The number of amides is 1. The van der Waals surface area contributed by atoms with Crippen LogP contribution in [0.5, 0.6) is 11.5 Å². The van der Waals surface area contributed by atoms with Gasteiger partial charge in [-0.25, -0.2) is 13.1 Å². The van der Waals surface area contributed by atoms with E-state index in [0.29, 0.717) is 22.6 Å². The van der Waals surface area contributed by atoms with E-state index in [1.54, 1.807) is 19.1 Å². The van der Waals surface area contributed by atoms with E-state index in [1.807, 2.05) is 19.1 Å². The molecule has 1 heterocycles. The molecule has 7 nitrogen and oxygen atoms in total. The third-order valence-electron chi connectivity index (χ3n) is 4.28. The Balaban J connectivity index is 1.82. The van der Waals surface area contributed by atoms with Crippen molar-refractivity contribution < 1.29 is 22.7 Å². The van der Waals surface area contributed by atoms with Crippen LogP contribution < -0.4 is 19.5 Å². The molecule has 1 aliphatic rings. The molecule has 138 valence electrons.